The fourth-order valence-electron chi connectivity index (χ4n) is 5.82. The number of aryl methyl sites for hydroxylation is 1. The molecule has 0 radical (unpaired) electrons. The van der Waals surface area contributed by atoms with Gasteiger partial charge < -0.3 is 25.2 Å². The molecule has 0 saturated carbocycles. The van der Waals surface area contributed by atoms with Crippen molar-refractivity contribution in [2.45, 2.75) is 84.0 Å². The van der Waals surface area contributed by atoms with Crippen molar-refractivity contribution >= 4 is 17.6 Å². The average Bonchev–Trinajstić information content (AvgIpc) is 3.35. The quantitative estimate of drug-likeness (QED) is 0.110. The maximum atomic E-state index is 14.3. The van der Waals surface area contributed by atoms with Crippen LogP contribution in [0.3, 0.4) is 0 Å². The summed E-state index contributed by atoms with van der Waals surface area (Å²) in [4.78, 5) is 25.3. The zero-order chi connectivity index (χ0) is 32.5. The van der Waals surface area contributed by atoms with Crippen molar-refractivity contribution in [2.24, 2.45) is 0 Å². The monoisotopic (exact) mass is 614 g/mol. The van der Waals surface area contributed by atoms with E-state index >= 15 is 0 Å². The molecule has 0 saturated heterocycles. The van der Waals surface area contributed by atoms with Gasteiger partial charge in [-0.15, -0.1) is 0 Å². The number of carbonyl (C=O) groups is 2. The van der Waals surface area contributed by atoms with E-state index in [0.717, 1.165) is 30.5 Å². The Balaban J connectivity index is 1.84. The minimum absolute atomic E-state index is 0.0937. The third kappa shape index (κ3) is 8.68. The van der Waals surface area contributed by atoms with E-state index in [1.807, 2.05) is 73.0 Å². The van der Waals surface area contributed by atoms with Crippen LogP contribution in [-0.2, 0) is 17.8 Å². The molecular weight excluding hydrogens is 571 g/mol. The largest absolute Gasteiger partial charge is 0.481 e. The molecule has 3 aromatic carbocycles. The van der Waals surface area contributed by atoms with Crippen molar-refractivity contribution < 1.29 is 29.3 Å². The van der Waals surface area contributed by atoms with Crippen LogP contribution in [0.4, 0.5) is 10.1 Å². The minimum Gasteiger partial charge on any atom is -0.481 e. The molecule has 7 nitrogen and oxygen atoms in total. The van der Waals surface area contributed by atoms with E-state index in [2.05, 4.69) is 12.2 Å². The van der Waals surface area contributed by atoms with E-state index in [0.29, 0.717) is 28.1 Å². The highest BCUT2D eigenvalue weighted by Gasteiger charge is 2.31. The minimum atomic E-state index is -1.18. The number of nitrogens with one attached hydrogen (secondary N) is 1. The number of hydrogen-bond acceptors (Lipinski definition) is 4. The Morgan fingerprint density at radius 2 is 1.56 bits per heavy atom. The first-order valence-corrected chi connectivity index (χ1v) is 15.6. The molecule has 2 atom stereocenters. The highest BCUT2D eigenvalue weighted by atomic mass is 19.1. The first kappa shape index (κ1) is 33.6. The average molecular weight is 615 g/mol. The topological polar surface area (TPSA) is 112 Å². The number of carbonyl (C=O) groups excluding carboxylic acids is 1. The van der Waals surface area contributed by atoms with Gasteiger partial charge in [0.25, 0.3) is 5.91 Å². The zero-order valence-corrected chi connectivity index (χ0v) is 26.2. The number of amides is 1. The van der Waals surface area contributed by atoms with E-state index in [1.54, 1.807) is 12.1 Å². The Labute approximate surface area is 264 Å². The number of aliphatic hydroxyl groups excluding tert-OH is 2. The maximum Gasteiger partial charge on any atom is 0.305 e. The summed E-state index contributed by atoms with van der Waals surface area (Å²) < 4.78 is 16.1. The van der Waals surface area contributed by atoms with Crippen LogP contribution in [-0.4, -0.2) is 44.0 Å². The predicted molar refractivity (Wildman–Crippen MR) is 176 cm³/mol. The van der Waals surface area contributed by atoms with Crippen LogP contribution in [0.15, 0.2) is 78.9 Å². The first-order chi connectivity index (χ1) is 21.6. The summed E-state index contributed by atoms with van der Waals surface area (Å²) in [6.07, 6.45) is 0.661. The van der Waals surface area contributed by atoms with E-state index in [4.69, 9.17) is 5.11 Å². The van der Waals surface area contributed by atoms with Crippen molar-refractivity contribution in [1.29, 1.82) is 0 Å². The second-order valence-corrected chi connectivity index (χ2v) is 11.8. The molecule has 8 heteroatoms. The smallest absolute Gasteiger partial charge is 0.305 e. The lowest BCUT2D eigenvalue weighted by molar-refractivity contribution is -0.139. The summed E-state index contributed by atoms with van der Waals surface area (Å²) in [6.45, 7) is 6.43. The van der Waals surface area contributed by atoms with Gasteiger partial charge in [0.2, 0.25) is 0 Å². The Morgan fingerprint density at radius 3 is 2.16 bits per heavy atom. The van der Waals surface area contributed by atoms with Crippen molar-refractivity contribution in [2.75, 3.05) is 5.32 Å². The second-order valence-electron chi connectivity index (χ2n) is 11.8. The molecule has 1 heterocycles. The molecule has 1 aromatic heterocycles. The lowest BCUT2D eigenvalue weighted by Crippen LogP contribution is -2.22. The summed E-state index contributed by atoms with van der Waals surface area (Å²) in [5.74, 6) is -1.92. The standard InChI is InChI=1S/C37H43FN2O5/c1-4-5-9-25-12-18-29(19-13-25)39-37(45)34-33(26-10-7-6-8-11-26)36(27-14-16-28(38)17-15-27)40(35(34)24(2)3)21-20-30(41)22-31(42)23-32(43)44/h6-8,10-19,24,30-31,41-42H,4-5,9,20-23H2,1-3H3,(H,39,45)(H,43,44)/t30-,31-/m1/s1. The Morgan fingerprint density at radius 1 is 0.889 bits per heavy atom. The maximum absolute atomic E-state index is 14.3. The van der Waals surface area contributed by atoms with Crippen LogP contribution >= 0.6 is 0 Å². The van der Waals surface area contributed by atoms with Crippen LogP contribution in [0.1, 0.15) is 80.4 Å². The van der Waals surface area contributed by atoms with Crippen LogP contribution in [0.5, 0.6) is 0 Å². The number of hydrogen-bond donors (Lipinski definition) is 4. The number of rotatable bonds is 15. The lowest BCUT2D eigenvalue weighted by atomic mass is 9.94. The normalized spacial score (nSPS) is 12.7. The number of aromatic nitrogens is 1. The number of carboxylic acid groups (broad SMARTS) is 1. The number of carboxylic acids is 1. The lowest BCUT2D eigenvalue weighted by Gasteiger charge is -2.20. The number of anilines is 1. The molecule has 4 N–H and O–H groups in total. The molecule has 0 aliphatic heterocycles. The number of aliphatic hydroxyl groups is 2. The molecule has 238 valence electrons. The van der Waals surface area contributed by atoms with Crippen molar-refractivity contribution in [3.8, 4) is 22.4 Å². The molecule has 45 heavy (non-hydrogen) atoms. The number of halogens is 1. The summed E-state index contributed by atoms with van der Waals surface area (Å²) >= 11 is 0. The number of unbranched alkanes of at least 4 members (excludes halogenated alkanes) is 1. The van der Waals surface area contributed by atoms with Crippen molar-refractivity contribution in [3.63, 3.8) is 0 Å². The highest BCUT2D eigenvalue weighted by molar-refractivity contribution is 6.12. The number of nitrogens with zero attached hydrogens (tertiary/aromatic N) is 1. The van der Waals surface area contributed by atoms with E-state index < -0.39 is 24.6 Å². The van der Waals surface area contributed by atoms with Gasteiger partial charge in [0.05, 0.1) is 29.9 Å². The number of benzene rings is 3. The third-order valence-corrected chi connectivity index (χ3v) is 7.93. The molecule has 4 rings (SSSR count). The van der Waals surface area contributed by atoms with Gasteiger partial charge in [0.15, 0.2) is 0 Å². The first-order valence-electron chi connectivity index (χ1n) is 15.6. The van der Waals surface area contributed by atoms with Gasteiger partial charge in [-0.1, -0.05) is 69.7 Å². The Bertz CT molecular complexity index is 1560. The van der Waals surface area contributed by atoms with Gasteiger partial charge in [0.1, 0.15) is 5.82 Å². The van der Waals surface area contributed by atoms with Crippen LogP contribution in [0, 0.1) is 5.82 Å². The van der Waals surface area contributed by atoms with Crippen LogP contribution < -0.4 is 5.32 Å². The van der Waals surface area contributed by atoms with Crippen LogP contribution in [0.2, 0.25) is 0 Å². The Kier molecular flexibility index (Phi) is 11.7. The summed E-state index contributed by atoms with van der Waals surface area (Å²) in [6, 6.07) is 23.6. The molecule has 0 aliphatic carbocycles. The van der Waals surface area contributed by atoms with Gasteiger partial charge in [-0.25, -0.2) is 4.39 Å². The van der Waals surface area contributed by atoms with Gasteiger partial charge in [-0.2, -0.15) is 0 Å². The summed E-state index contributed by atoms with van der Waals surface area (Å²) in [5.41, 5.74) is 6.06. The summed E-state index contributed by atoms with van der Waals surface area (Å²) in [7, 11) is 0. The van der Waals surface area contributed by atoms with Gasteiger partial charge in [-0.3, -0.25) is 9.59 Å². The number of aliphatic carboxylic acids is 1. The Hall–Kier alpha value is -4.27. The zero-order valence-electron chi connectivity index (χ0n) is 26.2. The van der Waals surface area contributed by atoms with Gasteiger partial charge in [-0.05, 0) is 84.7 Å². The van der Waals surface area contributed by atoms with E-state index in [-0.39, 0.29) is 37.0 Å². The van der Waals surface area contributed by atoms with Crippen LogP contribution in [0.25, 0.3) is 22.4 Å². The summed E-state index contributed by atoms with van der Waals surface area (Å²) in [5, 5.41) is 33.0. The fraction of sp³-hybridized carbons (Fsp3) is 0.351. The van der Waals surface area contributed by atoms with Gasteiger partial charge in [0, 0.05) is 23.5 Å². The van der Waals surface area contributed by atoms with Crippen molar-refractivity contribution in [3.05, 3.63) is 102 Å². The molecule has 0 spiro atoms. The van der Waals surface area contributed by atoms with E-state index in [1.165, 1.54) is 17.7 Å². The molecular formula is C37H43FN2O5. The molecule has 0 aliphatic rings. The highest BCUT2D eigenvalue weighted by Crippen LogP contribution is 2.42. The predicted octanol–water partition coefficient (Wildman–Crippen LogP) is 7.66. The molecule has 0 fully saturated rings. The fourth-order valence-corrected chi connectivity index (χ4v) is 5.82. The molecule has 0 bridgehead atoms. The second kappa shape index (κ2) is 15.6. The van der Waals surface area contributed by atoms with Crippen molar-refractivity contribution in [1.82, 2.24) is 4.57 Å². The molecule has 1 amide bonds. The SMILES string of the molecule is CCCCc1ccc(NC(=O)c2c(-c3ccccc3)c(-c3ccc(F)cc3)n(CC[C@@H](O)C[C@@H](O)CC(=O)O)c2C(C)C)cc1. The molecule has 4 aromatic rings. The van der Waals surface area contributed by atoms with Gasteiger partial charge >= 0.3 is 5.97 Å². The molecule has 0 unspecified atom stereocenters. The third-order valence-electron chi connectivity index (χ3n) is 7.93. The van der Waals surface area contributed by atoms with E-state index in [9.17, 15) is 24.2 Å².